The van der Waals surface area contributed by atoms with Crippen LogP contribution in [-0.4, -0.2) is 59.1 Å². The maximum Gasteiger partial charge on any atom is 0.243 e. The number of likely N-dealkylation sites (N-methyl/N-ethyl adjacent to an activating group) is 1. The van der Waals surface area contributed by atoms with E-state index in [0.717, 1.165) is 4.31 Å². The van der Waals surface area contributed by atoms with Crippen LogP contribution in [0.2, 0.25) is 0 Å². The van der Waals surface area contributed by atoms with E-state index in [2.05, 4.69) is 5.32 Å². The zero-order valence-corrected chi connectivity index (χ0v) is 14.0. The number of sulfonamides is 1. The third kappa shape index (κ3) is 4.97. The largest absolute Gasteiger partial charge is 0.497 e. The normalized spacial score (nSPS) is 13.0. The van der Waals surface area contributed by atoms with Gasteiger partial charge in [0.05, 0.1) is 25.2 Å². The van der Waals surface area contributed by atoms with Gasteiger partial charge in [0, 0.05) is 20.2 Å². The number of methoxy groups -OCH3 is 2. The van der Waals surface area contributed by atoms with Crippen LogP contribution < -0.4 is 10.1 Å². The Morgan fingerprint density at radius 1 is 1.27 bits per heavy atom. The highest BCUT2D eigenvalue weighted by Gasteiger charge is 2.23. The lowest BCUT2D eigenvalue weighted by molar-refractivity contribution is -0.122. The molecule has 0 aliphatic carbocycles. The molecule has 1 aromatic carbocycles. The Hall–Kier alpha value is -1.64. The highest BCUT2D eigenvalue weighted by molar-refractivity contribution is 7.89. The van der Waals surface area contributed by atoms with E-state index in [4.69, 9.17) is 9.47 Å². The first-order valence-electron chi connectivity index (χ1n) is 6.70. The summed E-state index contributed by atoms with van der Waals surface area (Å²) >= 11 is 0. The van der Waals surface area contributed by atoms with Gasteiger partial charge in [-0.3, -0.25) is 4.79 Å². The van der Waals surface area contributed by atoms with Crippen molar-refractivity contribution in [3.63, 3.8) is 0 Å². The van der Waals surface area contributed by atoms with Gasteiger partial charge in [0.25, 0.3) is 0 Å². The fraction of sp³-hybridized carbons (Fsp3) is 0.500. The van der Waals surface area contributed by atoms with Crippen molar-refractivity contribution >= 4 is 15.9 Å². The van der Waals surface area contributed by atoms with Crippen molar-refractivity contribution in [3.05, 3.63) is 24.3 Å². The van der Waals surface area contributed by atoms with Crippen molar-refractivity contribution in [1.29, 1.82) is 0 Å². The topological polar surface area (TPSA) is 84.9 Å². The lowest BCUT2D eigenvalue weighted by Gasteiger charge is -2.19. The molecule has 0 aliphatic heterocycles. The van der Waals surface area contributed by atoms with Gasteiger partial charge in [-0.15, -0.1) is 0 Å². The van der Waals surface area contributed by atoms with Crippen molar-refractivity contribution in [2.75, 3.05) is 34.4 Å². The van der Waals surface area contributed by atoms with Crippen LogP contribution in [-0.2, 0) is 19.6 Å². The molecule has 1 N–H and O–H groups in total. The average Bonchev–Trinajstić information content (AvgIpc) is 2.47. The number of carbonyl (C=O) groups excluding carboxylic acids is 1. The second kappa shape index (κ2) is 8.11. The van der Waals surface area contributed by atoms with Crippen molar-refractivity contribution in [2.24, 2.45) is 0 Å². The van der Waals surface area contributed by atoms with Gasteiger partial charge in [0.2, 0.25) is 15.9 Å². The molecule has 1 aromatic rings. The molecule has 0 spiro atoms. The molecule has 1 amide bonds. The molecule has 0 heterocycles. The van der Waals surface area contributed by atoms with Crippen LogP contribution in [0.3, 0.4) is 0 Å². The Morgan fingerprint density at radius 3 is 2.36 bits per heavy atom. The number of ether oxygens (including phenoxy) is 2. The minimum Gasteiger partial charge on any atom is -0.497 e. The molecule has 0 aliphatic rings. The van der Waals surface area contributed by atoms with E-state index in [9.17, 15) is 13.2 Å². The summed E-state index contributed by atoms with van der Waals surface area (Å²) in [6.07, 6.45) is 0. The number of hydrogen-bond acceptors (Lipinski definition) is 5. The summed E-state index contributed by atoms with van der Waals surface area (Å²) in [5.41, 5.74) is 0. The van der Waals surface area contributed by atoms with Crippen LogP contribution in [0.5, 0.6) is 5.75 Å². The molecule has 1 rings (SSSR count). The summed E-state index contributed by atoms with van der Waals surface area (Å²) in [5, 5.41) is 2.66. The van der Waals surface area contributed by atoms with Crippen molar-refractivity contribution < 1.29 is 22.7 Å². The van der Waals surface area contributed by atoms with Crippen LogP contribution in [0.1, 0.15) is 6.92 Å². The highest BCUT2D eigenvalue weighted by atomic mass is 32.2. The molecule has 0 fully saturated rings. The zero-order valence-electron chi connectivity index (χ0n) is 13.2. The predicted molar refractivity (Wildman–Crippen MR) is 82.3 cm³/mol. The number of benzene rings is 1. The number of amides is 1. The molecule has 0 radical (unpaired) electrons. The number of nitrogens with one attached hydrogen (secondary N) is 1. The third-order valence-corrected chi connectivity index (χ3v) is 4.78. The molecule has 7 nitrogen and oxygen atoms in total. The summed E-state index contributed by atoms with van der Waals surface area (Å²) in [6.45, 7) is 1.88. The minimum absolute atomic E-state index is 0.105. The quantitative estimate of drug-likeness (QED) is 0.749. The van der Waals surface area contributed by atoms with Gasteiger partial charge >= 0.3 is 0 Å². The van der Waals surface area contributed by atoms with Crippen LogP contribution >= 0.6 is 0 Å². The van der Waals surface area contributed by atoms with E-state index in [-0.39, 0.29) is 23.4 Å². The molecule has 22 heavy (non-hydrogen) atoms. The van der Waals surface area contributed by atoms with E-state index in [1.807, 2.05) is 0 Å². The Balaban J connectivity index is 2.73. The fourth-order valence-electron chi connectivity index (χ4n) is 1.83. The summed E-state index contributed by atoms with van der Waals surface area (Å²) in [7, 11) is 0.672. The third-order valence-electron chi connectivity index (χ3n) is 2.96. The molecule has 0 unspecified atom stereocenters. The molecule has 1 atom stereocenters. The van der Waals surface area contributed by atoms with E-state index < -0.39 is 10.0 Å². The van der Waals surface area contributed by atoms with E-state index in [1.165, 1.54) is 33.4 Å². The Morgan fingerprint density at radius 2 is 1.86 bits per heavy atom. The Kier molecular flexibility index (Phi) is 6.79. The summed E-state index contributed by atoms with van der Waals surface area (Å²) in [6, 6.07) is 5.81. The van der Waals surface area contributed by atoms with Crippen LogP contribution in [0.4, 0.5) is 0 Å². The maximum atomic E-state index is 12.4. The lowest BCUT2D eigenvalue weighted by atomic mass is 10.3. The van der Waals surface area contributed by atoms with Crippen LogP contribution in [0.25, 0.3) is 0 Å². The first kappa shape index (κ1) is 18.4. The molecular formula is C14H22N2O5S. The first-order chi connectivity index (χ1) is 10.3. The van der Waals surface area contributed by atoms with Gasteiger partial charge in [-0.25, -0.2) is 8.42 Å². The number of nitrogens with zero attached hydrogens (tertiary/aromatic N) is 1. The number of rotatable bonds is 8. The van der Waals surface area contributed by atoms with Gasteiger partial charge < -0.3 is 14.8 Å². The average molecular weight is 330 g/mol. The molecule has 8 heteroatoms. The smallest absolute Gasteiger partial charge is 0.243 e. The zero-order chi connectivity index (χ0) is 16.8. The van der Waals surface area contributed by atoms with Gasteiger partial charge in [0.15, 0.2) is 0 Å². The fourth-order valence-corrected chi connectivity index (χ4v) is 2.95. The van der Waals surface area contributed by atoms with Crippen LogP contribution in [0.15, 0.2) is 29.2 Å². The number of carbonyl (C=O) groups is 1. The number of hydrogen-bond donors (Lipinski definition) is 1. The first-order valence-corrected chi connectivity index (χ1v) is 8.14. The Labute approximate surface area is 131 Å². The molecule has 0 saturated heterocycles. The van der Waals surface area contributed by atoms with E-state index in [0.29, 0.717) is 12.4 Å². The Bertz CT molecular complexity index is 586. The second-order valence-corrected chi connectivity index (χ2v) is 6.91. The molecular weight excluding hydrogens is 308 g/mol. The molecule has 0 saturated carbocycles. The van der Waals surface area contributed by atoms with Gasteiger partial charge in [0.1, 0.15) is 5.75 Å². The second-order valence-electron chi connectivity index (χ2n) is 4.86. The van der Waals surface area contributed by atoms with Gasteiger partial charge in [-0.1, -0.05) is 0 Å². The summed E-state index contributed by atoms with van der Waals surface area (Å²) < 4.78 is 35.6. The predicted octanol–water partition coefficient (Wildman–Crippen LogP) is 0.467. The monoisotopic (exact) mass is 330 g/mol. The molecule has 124 valence electrons. The van der Waals surface area contributed by atoms with Crippen molar-refractivity contribution in [2.45, 2.75) is 17.9 Å². The van der Waals surface area contributed by atoms with Gasteiger partial charge in [-0.2, -0.15) is 4.31 Å². The minimum atomic E-state index is -3.72. The van der Waals surface area contributed by atoms with Gasteiger partial charge in [-0.05, 0) is 31.2 Å². The summed E-state index contributed by atoms with van der Waals surface area (Å²) in [4.78, 5) is 11.9. The van der Waals surface area contributed by atoms with E-state index in [1.54, 1.807) is 19.1 Å². The van der Waals surface area contributed by atoms with Crippen molar-refractivity contribution in [3.8, 4) is 5.75 Å². The van der Waals surface area contributed by atoms with E-state index >= 15 is 0 Å². The molecule has 0 aromatic heterocycles. The SMILES string of the molecule is COC[C@@H](C)NC(=O)CN(C)S(=O)(=O)c1ccc(OC)cc1. The maximum absolute atomic E-state index is 12.4. The molecule has 0 bridgehead atoms. The summed E-state index contributed by atoms with van der Waals surface area (Å²) in [5.74, 6) is 0.178. The van der Waals surface area contributed by atoms with Crippen molar-refractivity contribution in [1.82, 2.24) is 9.62 Å². The van der Waals surface area contributed by atoms with Crippen LogP contribution in [0, 0.1) is 0 Å². The lowest BCUT2D eigenvalue weighted by Crippen LogP contribution is -2.43. The standard InChI is InChI=1S/C14H22N2O5S/c1-11(10-20-3)15-14(17)9-16(2)22(18,19)13-7-5-12(21-4)6-8-13/h5-8,11H,9-10H2,1-4H3,(H,15,17)/t11-/m1/s1. The highest BCUT2D eigenvalue weighted by Crippen LogP contribution is 2.18.